The topological polar surface area (TPSA) is 17.8 Å². The third-order valence-electron chi connectivity index (χ3n) is 3.27. The Kier molecular flexibility index (Phi) is 3.56. The van der Waals surface area contributed by atoms with Gasteiger partial charge in [0.1, 0.15) is 0 Å². The maximum absolute atomic E-state index is 4.67. The summed E-state index contributed by atoms with van der Waals surface area (Å²) in [5.41, 5.74) is 3.68. The SMILES string of the molecule is CSc1nc2ccccc2n1CCc1ccccc1. The molecular formula is C16H16N2S. The summed E-state index contributed by atoms with van der Waals surface area (Å²) in [4.78, 5) is 4.67. The van der Waals surface area contributed by atoms with Gasteiger partial charge >= 0.3 is 0 Å². The lowest BCUT2D eigenvalue weighted by Crippen LogP contribution is -2.02. The first-order chi connectivity index (χ1) is 9.38. The molecule has 0 saturated heterocycles. The summed E-state index contributed by atoms with van der Waals surface area (Å²) in [6, 6.07) is 18.9. The number of para-hydroxylation sites is 2. The van der Waals surface area contributed by atoms with Crippen molar-refractivity contribution in [3.05, 3.63) is 60.2 Å². The third kappa shape index (κ3) is 2.51. The lowest BCUT2D eigenvalue weighted by molar-refractivity contribution is 0.653. The number of imidazole rings is 1. The lowest BCUT2D eigenvalue weighted by atomic mass is 10.1. The van der Waals surface area contributed by atoms with Gasteiger partial charge in [0, 0.05) is 6.54 Å². The average molecular weight is 268 g/mol. The van der Waals surface area contributed by atoms with Gasteiger partial charge in [-0.2, -0.15) is 0 Å². The second-order valence-corrected chi connectivity index (χ2v) is 5.25. The van der Waals surface area contributed by atoms with Crippen LogP contribution in [0, 0.1) is 0 Å². The van der Waals surface area contributed by atoms with Gasteiger partial charge < -0.3 is 4.57 Å². The first-order valence-electron chi connectivity index (χ1n) is 6.41. The predicted octanol–water partition coefficient (Wildman–Crippen LogP) is 4.00. The largest absolute Gasteiger partial charge is 0.319 e. The van der Waals surface area contributed by atoms with Gasteiger partial charge in [-0.25, -0.2) is 4.98 Å². The monoisotopic (exact) mass is 268 g/mol. The van der Waals surface area contributed by atoms with Crippen molar-refractivity contribution in [2.24, 2.45) is 0 Å². The summed E-state index contributed by atoms with van der Waals surface area (Å²) in [6.45, 7) is 0.973. The molecule has 0 amide bonds. The van der Waals surface area contributed by atoms with Crippen LogP contribution in [0.1, 0.15) is 5.56 Å². The number of thioether (sulfide) groups is 1. The molecule has 0 saturated carbocycles. The van der Waals surface area contributed by atoms with Gasteiger partial charge in [0.2, 0.25) is 0 Å². The first kappa shape index (κ1) is 12.3. The Bertz CT molecular complexity index is 674. The molecule has 2 aromatic carbocycles. The maximum atomic E-state index is 4.67. The number of aryl methyl sites for hydroxylation is 2. The van der Waals surface area contributed by atoms with E-state index in [9.17, 15) is 0 Å². The molecule has 0 N–H and O–H groups in total. The smallest absolute Gasteiger partial charge is 0.168 e. The summed E-state index contributed by atoms with van der Waals surface area (Å²) in [6.07, 6.45) is 3.12. The van der Waals surface area contributed by atoms with Crippen LogP contribution in [0.2, 0.25) is 0 Å². The molecule has 19 heavy (non-hydrogen) atoms. The van der Waals surface area contributed by atoms with E-state index in [0.717, 1.165) is 23.6 Å². The van der Waals surface area contributed by atoms with Crippen LogP contribution in [0.5, 0.6) is 0 Å². The molecule has 0 radical (unpaired) electrons. The molecule has 0 aliphatic carbocycles. The Morgan fingerprint density at radius 1 is 1.00 bits per heavy atom. The van der Waals surface area contributed by atoms with Crippen molar-refractivity contribution in [3.63, 3.8) is 0 Å². The summed E-state index contributed by atoms with van der Waals surface area (Å²) >= 11 is 1.71. The molecule has 1 aromatic heterocycles. The second kappa shape index (κ2) is 5.49. The highest BCUT2D eigenvalue weighted by molar-refractivity contribution is 7.98. The molecule has 0 fully saturated rings. The molecule has 3 aromatic rings. The Morgan fingerprint density at radius 3 is 2.53 bits per heavy atom. The molecule has 3 heteroatoms. The fraction of sp³-hybridized carbons (Fsp3) is 0.188. The fourth-order valence-electron chi connectivity index (χ4n) is 2.31. The van der Waals surface area contributed by atoms with Crippen molar-refractivity contribution in [3.8, 4) is 0 Å². The minimum absolute atomic E-state index is 0.973. The summed E-state index contributed by atoms with van der Waals surface area (Å²) in [5.74, 6) is 0. The van der Waals surface area contributed by atoms with Gasteiger partial charge in [0.05, 0.1) is 11.0 Å². The molecule has 0 bridgehead atoms. The van der Waals surface area contributed by atoms with E-state index in [1.54, 1.807) is 11.8 Å². The van der Waals surface area contributed by atoms with Crippen molar-refractivity contribution >= 4 is 22.8 Å². The molecule has 0 aliphatic rings. The Morgan fingerprint density at radius 2 is 1.74 bits per heavy atom. The van der Waals surface area contributed by atoms with Crippen LogP contribution in [0.4, 0.5) is 0 Å². The highest BCUT2D eigenvalue weighted by Crippen LogP contribution is 2.22. The number of hydrogen-bond donors (Lipinski definition) is 0. The van der Waals surface area contributed by atoms with E-state index in [2.05, 4.69) is 64.3 Å². The predicted molar refractivity (Wildman–Crippen MR) is 81.7 cm³/mol. The molecule has 96 valence electrons. The summed E-state index contributed by atoms with van der Waals surface area (Å²) < 4.78 is 2.31. The number of aromatic nitrogens is 2. The van der Waals surface area contributed by atoms with Crippen LogP contribution >= 0.6 is 11.8 Å². The highest BCUT2D eigenvalue weighted by Gasteiger charge is 2.08. The molecule has 0 spiro atoms. The molecule has 0 atom stereocenters. The van der Waals surface area contributed by atoms with Crippen LogP contribution in [0.3, 0.4) is 0 Å². The second-order valence-electron chi connectivity index (χ2n) is 4.47. The number of benzene rings is 2. The number of nitrogens with zero attached hydrogens (tertiary/aromatic N) is 2. The number of hydrogen-bond acceptors (Lipinski definition) is 2. The fourth-order valence-corrected chi connectivity index (χ4v) is 2.91. The Hall–Kier alpha value is -1.74. The van der Waals surface area contributed by atoms with Crippen molar-refractivity contribution in [1.82, 2.24) is 9.55 Å². The van der Waals surface area contributed by atoms with Crippen LogP contribution < -0.4 is 0 Å². The lowest BCUT2D eigenvalue weighted by Gasteiger charge is -2.07. The van der Waals surface area contributed by atoms with Crippen LogP contribution in [0.15, 0.2) is 59.8 Å². The Labute approximate surface area is 117 Å². The highest BCUT2D eigenvalue weighted by atomic mass is 32.2. The maximum Gasteiger partial charge on any atom is 0.168 e. The Balaban J connectivity index is 1.91. The molecular weight excluding hydrogens is 252 g/mol. The van der Waals surface area contributed by atoms with E-state index in [1.807, 2.05) is 6.07 Å². The van der Waals surface area contributed by atoms with Gasteiger partial charge in [0.15, 0.2) is 5.16 Å². The molecule has 0 aliphatic heterocycles. The molecule has 0 unspecified atom stereocenters. The van der Waals surface area contributed by atoms with Gasteiger partial charge in [-0.15, -0.1) is 0 Å². The van der Waals surface area contributed by atoms with Crippen molar-refractivity contribution < 1.29 is 0 Å². The van der Waals surface area contributed by atoms with E-state index in [4.69, 9.17) is 0 Å². The summed E-state index contributed by atoms with van der Waals surface area (Å²) in [5, 5.41) is 1.09. The first-order valence-corrected chi connectivity index (χ1v) is 7.64. The van der Waals surface area contributed by atoms with Crippen LogP contribution in [0.25, 0.3) is 11.0 Å². The van der Waals surface area contributed by atoms with Gasteiger partial charge in [-0.05, 0) is 30.4 Å². The van der Waals surface area contributed by atoms with Gasteiger partial charge in [-0.1, -0.05) is 54.2 Å². The number of rotatable bonds is 4. The van der Waals surface area contributed by atoms with Gasteiger partial charge in [-0.3, -0.25) is 0 Å². The number of fused-ring (bicyclic) bond motifs is 1. The van der Waals surface area contributed by atoms with Crippen LogP contribution in [-0.4, -0.2) is 15.8 Å². The molecule has 1 heterocycles. The zero-order chi connectivity index (χ0) is 13.1. The van der Waals surface area contributed by atoms with E-state index in [0.29, 0.717) is 0 Å². The van der Waals surface area contributed by atoms with E-state index < -0.39 is 0 Å². The summed E-state index contributed by atoms with van der Waals surface area (Å²) in [7, 11) is 0. The molecule has 2 nitrogen and oxygen atoms in total. The van der Waals surface area contributed by atoms with E-state index >= 15 is 0 Å². The third-order valence-corrected chi connectivity index (χ3v) is 3.95. The quantitative estimate of drug-likeness (QED) is 0.666. The zero-order valence-corrected chi connectivity index (χ0v) is 11.7. The minimum atomic E-state index is 0.973. The minimum Gasteiger partial charge on any atom is -0.319 e. The zero-order valence-electron chi connectivity index (χ0n) is 10.9. The van der Waals surface area contributed by atoms with E-state index in [1.165, 1.54) is 11.1 Å². The normalized spacial score (nSPS) is 11.0. The van der Waals surface area contributed by atoms with Crippen molar-refractivity contribution in [1.29, 1.82) is 0 Å². The van der Waals surface area contributed by atoms with Crippen molar-refractivity contribution in [2.75, 3.05) is 6.26 Å². The van der Waals surface area contributed by atoms with Crippen LogP contribution in [-0.2, 0) is 13.0 Å². The standard InChI is InChI=1S/C16H16N2S/c1-19-16-17-14-9-5-6-10-15(14)18(16)12-11-13-7-3-2-4-8-13/h2-10H,11-12H2,1H3. The van der Waals surface area contributed by atoms with Crippen molar-refractivity contribution in [2.45, 2.75) is 18.1 Å². The van der Waals surface area contributed by atoms with Gasteiger partial charge in [0.25, 0.3) is 0 Å². The van der Waals surface area contributed by atoms with E-state index in [-0.39, 0.29) is 0 Å². The average Bonchev–Trinajstić information content (AvgIpc) is 2.84. The molecule has 3 rings (SSSR count).